The Kier molecular flexibility index (Phi) is 4.40. The Morgan fingerprint density at radius 3 is 2.44 bits per heavy atom. The monoisotopic (exact) mass is 254 g/mol. The molecule has 18 heavy (non-hydrogen) atoms. The molecule has 1 heterocycles. The summed E-state index contributed by atoms with van der Waals surface area (Å²) in [6.45, 7) is 1.91. The average Bonchev–Trinajstić information content (AvgIpc) is 2.31. The zero-order valence-corrected chi connectivity index (χ0v) is 10.8. The highest BCUT2D eigenvalue weighted by molar-refractivity contribution is 5.70. The van der Waals surface area contributed by atoms with Crippen molar-refractivity contribution in [3.05, 3.63) is 12.2 Å². The van der Waals surface area contributed by atoms with Gasteiger partial charge in [-0.3, -0.25) is 4.79 Å². The van der Waals surface area contributed by atoms with Crippen molar-refractivity contribution in [2.75, 3.05) is 0 Å². The minimum Gasteiger partial charge on any atom is -0.463 e. The van der Waals surface area contributed by atoms with Crippen LogP contribution in [0.4, 0.5) is 0 Å². The van der Waals surface area contributed by atoms with E-state index >= 15 is 0 Å². The fraction of sp³-hybridized carbons (Fsp3) is 0.786. The Bertz CT molecular complexity index is 326. The quantitative estimate of drug-likeness (QED) is 0.506. The number of aliphatic hydroxyl groups is 2. The molecule has 2 N–H and O–H groups in total. The Labute approximate surface area is 108 Å². The van der Waals surface area contributed by atoms with Gasteiger partial charge in [-0.1, -0.05) is 18.6 Å². The number of cyclic esters (lactones) is 1. The van der Waals surface area contributed by atoms with Gasteiger partial charge in [0.2, 0.25) is 0 Å². The molecule has 0 aromatic heterocycles. The van der Waals surface area contributed by atoms with Crippen LogP contribution in [-0.4, -0.2) is 34.5 Å². The zero-order valence-electron chi connectivity index (χ0n) is 10.8. The number of carbonyl (C=O) groups excluding carboxylic acids is 1. The van der Waals surface area contributed by atoms with Gasteiger partial charge in [0.1, 0.15) is 0 Å². The Hall–Kier alpha value is -0.870. The van der Waals surface area contributed by atoms with Crippen LogP contribution >= 0.6 is 0 Å². The summed E-state index contributed by atoms with van der Waals surface area (Å²) in [7, 11) is 0. The standard InChI is InChI=1S/C14H22O4/c1-9-4-2-3-5-10-11(8-14(17)18-9)13(16)7-6-12(10)15/h6-7,9-13,15-16H,2-5,8H2,1H3. The molecule has 4 nitrogen and oxygen atoms in total. The van der Waals surface area contributed by atoms with E-state index in [9.17, 15) is 15.0 Å². The molecule has 0 bridgehead atoms. The van der Waals surface area contributed by atoms with E-state index in [1.54, 1.807) is 12.2 Å². The lowest BCUT2D eigenvalue weighted by atomic mass is 9.74. The molecule has 0 aromatic rings. The third kappa shape index (κ3) is 3.12. The minimum absolute atomic E-state index is 0.0362. The van der Waals surface area contributed by atoms with E-state index in [1.807, 2.05) is 6.92 Å². The molecule has 5 unspecified atom stereocenters. The summed E-state index contributed by atoms with van der Waals surface area (Å²) in [4.78, 5) is 11.8. The molecule has 1 saturated heterocycles. The number of rotatable bonds is 0. The lowest BCUT2D eigenvalue weighted by Gasteiger charge is -2.36. The first-order chi connectivity index (χ1) is 8.58. The second kappa shape index (κ2) is 5.85. The molecule has 0 amide bonds. The van der Waals surface area contributed by atoms with Gasteiger partial charge in [0.25, 0.3) is 0 Å². The van der Waals surface area contributed by atoms with Gasteiger partial charge in [-0.05, 0) is 32.1 Å². The molecule has 2 rings (SSSR count). The molecule has 4 heteroatoms. The molecule has 0 spiro atoms. The highest BCUT2D eigenvalue weighted by atomic mass is 16.5. The van der Waals surface area contributed by atoms with Gasteiger partial charge in [-0.25, -0.2) is 0 Å². The fourth-order valence-electron chi connectivity index (χ4n) is 3.01. The van der Waals surface area contributed by atoms with Crippen LogP contribution in [0.2, 0.25) is 0 Å². The SMILES string of the molecule is CC1CCCCC2C(O)C=CC(O)C2CC(=O)O1. The number of esters is 1. The summed E-state index contributed by atoms with van der Waals surface area (Å²) < 4.78 is 5.30. The van der Waals surface area contributed by atoms with Crippen molar-refractivity contribution < 1.29 is 19.7 Å². The van der Waals surface area contributed by atoms with E-state index in [4.69, 9.17) is 4.74 Å². The van der Waals surface area contributed by atoms with Crippen LogP contribution in [0, 0.1) is 11.8 Å². The number of hydrogen-bond acceptors (Lipinski definition) is 4. The molecule has 1 fully saturated rings. The smallest absolute Gasteiger partial charge is 0.306 e. The van der Waals surface area contributed by atoms with Crippen LogP contribution < -0.4 is 0 Å². The molecule has 0 aromatic carbocycles. The Morgan fingerprint density at radius 2 is 1.72 bits per heavy atom. The van der Waals surface area contributed by atoms with Gasteiger partial charge < -0.3 is 14.9 Å². The highest BCUT2D eigenvalue weighted by Gasteiger charge is 2.36. The molecule has 5 atom stereocenters. The van der Waals surface area contributed by atoms with Crippen molar-refractivity contribution in [1.82, 2.24) is 0 Å². The van der Waals surface area contributed by atoms with Gasteiger partial charge in [0, 0.05) is 5.92 Å². The zero-order chi connectivity index (χ0) is 13.1. The molecule has 0 radical (unpaired) electrons. The van der Waals surface area contributed by atoms with E-state index in [1.165, 1.54) is 0 Å². The van der Waals surface area contributed by atoms with Gasteiger partial charge in [0.15, 0.2) is 0 Å². The maximum atomic E-state index is 11.8. The van der Waals surface area contributed by atoms with E-state index in [2.05, 4.69) is 0 Å². The Morgan fingerprint density at radius 1 is 1.11 bits per heavy atom. The van der Waals surface area contributed by atoms with E-state index < -0.39 is 12.2 Å². The van der Waals surface area contributed by atoms with Crippen molar-refractivity contribution in [2.45, 2.75) is 57.3 Å². The lowest BCUT2D eigenvalue weighted by molar-refractivity contribution is -0.152. The summed E-state index contributed by atoms with van der Waals surface area (Å²) in [6, 6.07) is 0. The molecular formula is C14H22O4. The van der Waals surface area contributed by atoms with E-state index in [-0.39, 0.29) is 30.3 Å². The number of carbonyl (C=O) groups is 1. The van der Waals surface area contributed by atoms with Crippen LogP contribution in [0.1, 0.15) is 39.0 Å². The van der Waals surface area contributed by atoms with Crippen molar-refractivity contribution >= 4 is 5.97 Å². The first-order valence-electron chi connectivity index (χ1n) is 6.82. The minimum atomic E-state index is -0.652. The lowest BCUT2D eigenvalue weighted by Crippen LogP contribution is -2.39. The predicted molar refractivity (Wildman–Crippen MR) is 66.8 cm³/mol. The van der Waals surface area contributed by atoms with Crippen LogP contribution in [0.25, 0.3) is 0 Å². The van der Waals surface area contributed by atoms with Crippen molar-refractivity contribution in [1.29, 1.82) is 0 Å². The van der Waals surface area contributed by atoms with Crippen LogP contribution in [0.3, 0.4) is 0 Å². The summed E-state index contributed by atoms with van der Waals surface area (Å²) in [5.74, 6) is -0.519. The molecule has 0 saturated carbocycles. The fourth-order valence-corrected chi connectivity index (χ4v) is 3.01. The number of fused-ring (bicyclic) bond motifs is 1. The maximum absolute atomic E-state index is 11.8. The summed E-state index contributed by atoms with van der Waals surface area (Å²) in [5.41, 5.74) is 0. The summed E-state index contributed by atoms with van der Waals surface area (Å²) >= 11 is 0. The third-order valence-corrected chi connectivity index (χ3v) is 4.07. The second-order valence-corrected chi connectivity index (χ2v) is 5.48. The highest BCUT2D eigenvalue weighted by Crippen LogP contribution is 2.34. The molecule has 1 aliphatic carbocycles. The number of ether oxygens (including phenoxy) is 1. The largest absolute Gasteiger partial charge is 0.463 e. The molecule has 102 valence electrons. The molecular weight excluding hydrogens is 232 g/mol. The summed E-state index contributed by atoms with van der Waals surface area (Å²) in [6.07, 6.45) is 5.90. The first-order valence-corrected chi connectivity index (χ1v) is 6.82. The molecule has 2 aliphatic rings. The third-order valence-electron chi connectivity index (χ3n) is 4.07. The normalized spacial score (nSPS) is 41.9. The van der Waals surface area contributed by atoms with Crippen LogP contribution in [0.15, 0.2) is 12.2 Å². The van der Waals surface area contributed by atoms with Crippen molar-refractivity contribution in [3.63, 3.8) is 0 Å². The van der Waals surface area contributed by atoms with Gasteiger partial charge in [0.05, 0.1) is 24.7 Å². The summed E-state index contributed by atoms with van der Waals surface area (Å²) in [5, 5.41) is 20.0. The van der Waals surface area contributed by atoms with Gasteiger partial charge in [-0.2, -0.15) is 0 Å². The van der Waals surface area contributed by atoms with E-state index in [0.717, 1.165) is 25.7 Å². The molecule has 1 aliphatic heterocycles. The van der Waals surface area contributed by atoms with Gasteiger partial charge in [-0.15, -0.1) is 0 Å². The number of aliphatic hydroxyl groups excluding tert-OH is 2. The van der Waals surface area contributed by atoms with Crippen LogP contribution in [-0.2, 0) is 9.53 Å². The predicted octanol–water partition coefficient (Wildman–Crippen LogP) is 1.41. The second-order valence-electron chi connectivity index (χ2n) is 5.48. The van der Waals surface area contributed by atoms with E-state index in [0.29, 0.717) is 0 Å². The first kappa shape index (κ1) is 13.6. The maximum Gasteiger partial charge on any atom is 0.306 e. The van der Waals surface area contributed by atoms with Crippen LogP contribution in [0.5, 0.6) is 0 Å². The average molecular weight is 254 g/mol. The van der Waals surface area contributed by atoms with Crippen molar-refractivity contribution in [2.24, 2.45) is 11.8 Å². The Balaban J connectivity index is 2.12. The van der Waals surface area contributed by atoms with Crippen molar-refractivity contribution in [3.8, 4) is 0 Å². The van der Waals surface area contributed by atoms with Gasteiger partial charge >= 0.3 is 5.97 Å². The number of hydrogen-bond donors (Lipinski definition) is 2. The topological polar surface area (TPSA) is 66.8 Å².